The SMILES string of the molecule is O=C(Cn1cc(F)ccc1=O)Nc1ccccc1Br. The van der Waals surface area contributed by atoms with E-state index in [0.29, 0.717) is 5.69 Å². The Morgan fingerprint density at radius 2 is 2.00 bits per heavy atom. The predicted molar refractivity (Wildman–Crippen MR) is 73.4 cm³/mol. The topological polar surface area (TPSA) is 51.1 Å². The summed E-state index contributed by atoms with van der Waals surface area (Å²) in [5, 5.41) is 2.64. The van der Waals surface area contributed by atoms with Gasteiger partial charge in [-0.25, -0.2) is 4.39 Å². The molecule has 1 amide bonds. The molecule has 0 aliphatic heterocycles. The molecule has 1 heterocycles. The molecule has 0 saturated heterocycles. The van der Waals surface area contributed by atoms with Gasteiger partial charge in [-0.3, -0.25) is 9.59 Å². The van der Waals surface area contributed by atoms with E-state index >= 15 is 0 Å². The van der Waals surface area contributed by atoms with Crippen LogP contribution in [0.5, 0.6) is 0 Å². The summed E-state index contributed by atoms with van der Waals surface area (Å²) >= 11 is 3.29. The first-order chi connectivity index (χ1) is 9.06. The van der Waals surface area contributed by atoms with E-state index in [4.69, 9.17) is 0 Å². The van der Waals surface area contributed by atoms with E-state index in [2.05, 4.69) is 21.2 Å². The van der Waals surface area contributed by atoms with Gasteiger partial charge in [-0.1, -0.05) is 12.1 Å². The largest absolute Gasteiger partial charge is 0.324 e. The Balaban J connectivity index is 2.12. The molecule has 6 heteroatoms. The lowest BCUT2D eigenvalue weighted by atomic mass is 10.3. The van der Waals surface area contributed by atoms with Crippen LogP contribution in [-0.4, -0.2) is 10.5 Å². The van der Waals surface area contributed by atoms with Gasteiger partial charge in [0.15, 0.2) is 0 Å². The Hall–Kier alpha value is -1.95. The zero-order chi connectivity index (χ0) is 13.8. The van der Waals surface area contributed by atoms with Crippen LogP contribution in [-0.2, 0) is 11.3 Å². The Morgan fingerprint density at radius 3 is 2.74 bits per heavy atom. The molecular weight excluding hydrogens is 315 g/mol. The molecule has 0 fully saturated rings. The van der Waals surface area contributed by atoms with E-state index < -0.39 is 17.3 Å². The minimum Gasteiger partial charge on any atom is -0.324 e. The summed E-state index contributed by atoms with van der Waals surface area (Å²) in [5.41, 5.74) is 0.167. The maximum absolute atomic E-state index is 13.0. The van der Waals surface area contributed by atoms with Crippen LogP contribution in [0.4, 0.5) is 10.1 Å². The molecular formula is C13H10BrFN2O2. The molecule has 0 spiro atoms. The third kappa shape index (κ3) is 3.51. The second kappa shape index (κ2) is 5.79. The molecule has 1 N–H and O–H groups in total. The van der Waals surface area contributed by atoms with Crippen molar-refractivity contribution in [3.63, 3.8) is 0 Å². The minimum atomic E-state index is -0.562. The number of para-hydroxylation sites is 1. The summed E-state index contributed by atoms with van der Waals surface area (Å²) in [4.78, 5) is 23.2. The molecule has 1 aromatic heterocycles. The first-order valence-electron chi connectivity index (χ1n) is 5.46. The molecule has 98 valence electrons. The van der Waals surface area contributed by atoms with E-state index in [0.717, 1.165) is 27.4 Å². The van der Waals surface area contributed by atoms with Gasteiger partial charge in [0.05, 0.1) is 5.69 Å². The molecule has 0 unspecified atom stereocenters. The molecule has 2 aromatic rings. The van der Waals surface area contributed by atoms with Gasteiger partial charge in [-0.05, 0) is 34.1 Å². The lowest BCUT2D eigenvalue weighted by Crippen LogP contribution is -2.27. The van der Waals surface area contributed by atoms with Gasteiger partial charge in [-0.2, -0.15) is 0 Å². The second-order valence-electron chi connectivity index (χ2n) is 3.84. The van der Waals surface area contributed by atoms with Crippen LogP contribution < -0.4 is 10.9 Å². The van der Waals surface area contributed by atoms with E-state index in [-0.39, 0.29) is 6.54 Å². The van der Waals surface area contributed by atoms with Gasteiger partial charge in [0, 0.05) is 16.7 Å². The summed E-state index contributed by atoms with van der Waals surface area (Å²) in [5.74, 6) is -0.965. The number of nitrogens with one attached hydrogen (secondary N) is 1. The summed E-state index contributed by atoms with van der Waals surface area (Å²) in [7, 11) is 0. The summed E-state index contributed by atoms with van der Waals surface area (Å²) < 4.78 is 14.7. The highest BCUT2D eigenvalue weighted by Gasteiger charge is 2.07. The molecule has 0 saturated carbocycles. The summed E-state index contributed by atoms with van der Waals surface area (Å²) in [6, 6.07) is 9.23. The van der Waals surface area contributed by atoms with Crippen molar-refractivity contribution in [1.82, 2.24) is 4.57 Å². The van der Waals surface area contributed by atoms with Crippen LogP contribution in [0, 0.1) is 5.82 Å². The van der Waals surface area contributed by atoms with E-state index in [1.807, 2.05) is 6.07 Å². The van der Waals surface area contributed by atoms with Crippen molar-refractivity contribution in [2.45, 2.75) is 6.54 Å². The maximum atomic E-state index is 13.0. The zero-order valence-electron chi connectivity index (χ0n) is 9.77. The number of hydrogen-bond donors (Lipinski definition) is 1. The minimum absolute atomic E-state index is 0.238. The molecule has 0 atom stereocenters. The predicted octanol–water partition coefficient (Wildman–Crippen LogP) is 2.39. The van der Waals surface area contributed by atoms with Gasteiger partial charge >= 0.3 is 0 Å². The van der Waals surface area contributed by atoms with Gasteiger partial charge in [0.25, 0.3) is 5.56 Å². The Morgan fingerprint density at radius 1 is 1.26 bits per heavy atom. The number of rotatable bonds is 3. The van der Waals surface area contributed by atoms with Gasteiger partial charge in [0.2, 0.25) is 5.91 Å². The first kappa shape index (κ1) is 13.5. The zero-order valence-corrected chi connectivity index (χ0v) is 11.4. The molecule has 19 heavy (non-hydrogen) atoms. The highest BCUT2D eigenvalue weighted by atomic mass is 79.9. The van der Waals surface area contributed by atoms with Crippen molar-refractivity contribution in [1.29, 1.82) is 0 Å². The number of amides is 1. The number of hydrogen-bond acceptors (Lipinski definition) is 2. The number of benzene rings is 1. The summed E-state index contributed by atoms with van der Waals surface area (Å²) in [6.45, 7) is -0.238. The lowest BCUT2D eigenvalue weighted by molar-refractivity contribution is -0.116. The Bertz CT molecular complexity index is 670. The van der Waals surface area contributed by atoms with Crippen molar-refractivity contribution in [2.24, 2.45) is 0 Å². The van der Waals surface area contributed by atoms with Gasteiger partial charge < -0.3 is 9.88 Å². The molecule has 0 bridgehead atoms. The van der Waals surface area contributed by atoms with Crippen LogP contribution in [0.1, 0.15) is 0 Å². The lowest BCUT2D eigenvalue weighted by Gasteiger charge is -2.08. The van der Waals surface area contributed by atoms with Crippen molar-refractivity contribution in [3.05, 3.63) is 63.2 Å². The Labute approximate surface area is 117 Å². The van der Waals surface area contributed by atoms with E-state index in [1.165, 1.54) is 0 Å². The quantitative estimate of drug-likeness (QED) is 0.942. The highest BCUT2D eigenvalue weighted by molar-refractivity contribution is 9.10. The van der Waals surface area contributed by atoms with Crippen molar-refractivity contribution in [2.75, 3.05) is 5.32 Å². The van der Waals surface area contributed by atoms with E-state index in [9.17, 15) is 14.0 Å². The average Bonchev–Trinajstić information content (AvgIpc) is 2.37. The molecule has 1 aromatic carbocycles. The van der Waals surface area contributed by atoms with Crippen LogP contribution >= 0.6 is 15.9 Å². The number of pyridine rings is 1. The normalized spacial score (nSPS) is 10.2. The fourth-order valence-corrected chi connectivity index (χ4v) is 1.92. The Kier molecular flexibility index (Phi) is 4.11. The number of aromatic nitrogens is 1. The monoisotopic (exact) mass is 324 g/mol. The maximum Gasteiger partial charge on any atom is 0.251 e. The average molecular weight is 325 g/mol. The fraction of sp³-hybridized carbons (Fsp3) is 0.0769. The summed E-state index contributed by atoms with van der Waals surface area (Å²) in [6.07, 6.45) is 1.00. The first-order valence-corrected chi connectivity index (χ1v) is 6.26. The second-order valence-corrected chi connectivity index (χ2v) is 4.70. The van der Waals surface area contributed by atoms with Crippen molar-refractivity contribution in [3.8, 4) is 0 Å². The van der Waals surface area contributed by atoms with Crippen LogP contribution in [0.15, 0.2) is 51.9 Å². The van der Waals surface area contributed by atoms with Crippen LogP contribution in [0.3, 0.4) is 0 Å². The van der Waals surface area contributed by atoms with Crippen molar-refractivity contribution < 1.29 is 9.18 Å². The number of anilines is 1. The fourth-order valence-electron chi connectivity index (χ4n) is 1.53. The number of halogens is 2. The smallest absolute Gasteiger partial charge is 0.251 e. The third-order valence-electron chi connectivity index (χ3n) is 2.41. The van der Waals surface area contributed by atoms with Gasteiger partial charge in [-0.15, -0.1) is 0 Å². The molecule has 0 radical (unpaired) electrons. The highest BCUT2D eigenvalue weighted by Crippen LogP contribution is 2.20. The third-order valence-corrected chi connectivity index (χ3v) is 3.10. The van der Waals surface area contributed by atoms with Crippen molar-refractivity contribution >= 4 is 27.5 Å². The molecule has 0 aliphatic carbocycles. The standard InChI is InChI=1S/C13H10BrFN2O2/c14-10-3-1-2-4-11(10)16-12(18)8-17-7-9(15)5-6-13(17)19/h1-7H,8H2,(H,16,18). The van der Waals surface area contributed by atoms with Crippen LogP contribution in [0.25, 0.3) is 0 Å². The van der Waals surface area contributed by atoms with E-state index in [1.54, 1.807) is 18.2 Å². The number of carbonyl (C=O) groups excluding carboxylic acids is 1. The molecule has 0 aliphatic rings. The van der Waals surface area contributed by atoms with Crippen LogP contribution in [0.2, 0.25) is 0 Å². The van der Waals surface area contributed by atoms with Gasteiger partial charge in [0.1, 0.15) is 12.4 Å². The number of nitrogens with zero attached hydrogens (tertiary/aromatic N) is 1. The molecule has 4 nitrogen and oxygen atoms in total. The number of carbonyl (C=O) groups is 1. The molecule has 2 rings (SSSR count).